The first kappa shape index (κ1) is 17.1. The number of pyridine rings is 2. The number of hydrogen-bond donors (Lipinski definition) is 1. The molecule has 0 saturated carbocycles. The summed E-state index contributed by atoms with van der Waals surface area (Å²) in [5.41, 5.74) is 3.23. The van der Waals surface area contributed by atoms with Crippen LogP contribution in [0.4, 0.5) is 0 Å². The molecule has 0 aliphatic carbocycles. The first-order chi connectivity index (χ1) is 12.1. The van der Waals surface area contributed by atoms with Gasteiger partial charge in [0.05, 0.1) is 16.8 Å². The SMILES string of the molecule is CC(C)CCCNC(=O)c1cc(-c2ccncc2)nc2ccccc12. The topological polar surface area (TPSA) is 54.9 Å². The molecule has 0 aliphatic heterocycles. The van der Waals surface area contributed by atoms with E-state index in [1.54, 1.807) is 12.4 Å². The average molecular weight is 333 g/mol. The average Bonchev–Trinajstić information content (AvgIpc) is 2.64. The third kappa shape index (κ3) is 4.21. The third-order valence-corrected chi connectivity index (χ3v) is 4.18. The fourth-order valence-electron chi connectivity index (χ4n) is 2.84. The molecule has 0 atom stereocenters. The second-order valence-electron chi connectivity index (χ2n) is 6.60. The first-order valence-corrected chi connectivity index (χ1v) is 8.73. The van der Waals surface area contributed by atoms with E-state index in [4.69, 9.17) is 4.98 Å². The monoisotopic (exact) mass is 333 g/mol. The van der Waals surface area contributed by atoms with Gasteiger partial charge >= 0.3 is 0 Å². The van der Waals surface area contributed by atoms with Crippen LogP contribution in [0, 0.1) is 5.92 Å². The zero-order valence-electron chi connectivity index (χ0n) is 14.7. The van der Waals surface area contributed by atoms with E-state index >= 15 is 0 Å². The molecule has 0 aliphatic rings. The summed E-state index contributed by atoms with van der Waals surface area (Å²) in [7, 11) is 0. The Kier molecular flexibility index (Phi) is 5.39. The number of amides is 1. The highest BCUT2D eigenvalue weighted by Gasteiger charge is 2.13. The lowest BCUT2D eigenvalue weighted by Gasteiger charge is -2.11. The van der Waals surface area contributed by atoms with E-state index in [-0.39, 0.29) is 5.91 Å². The Morgan fingerprint density at radius 3 is 2.64 bits per heavy atom. The van der Waals surface area contributed by atoms with Crippen molar-refractivity contribution < 1.29 is 4.79 Å². The van der Waals surface area contributed by atoms with Crippen LogP contribution in [-0.4, -0.2) is 22.4 Å². The molecule has 0 unspecified atom stereocenters. The van der Waals surface area contributed by atoms with Gasteiger partial charge in [-0.2, -0.15) is 0 Å². The van der Waals surface area contributed by atoms with Crippen molar-refractivity contribution in [2.75, 3.05) is 6.54 Å². The maximum atomic E-state index is 12.7. The lowest BCUT2D eigenvalue weighted by Crippen LogP contribution is -2.25. The highest BCUT2D eigenvalue weighted by molar-refractivity contribution is 6.07. The van der Waals surface area contributed by atoms with Gasteiger partial charge in [-0.25, -0.2) is 4.98 Å². The van der Waals surface area contributed by atoms with Gasteiger partial charge in [-0.1, -0.05) is 32.0 Å². The molecular formula is C21H23N3O. The quantitative estimate of drug-likeness (QED) is 0.678. The molecule has 0 fully saturated rings. The molecule has 1 aromatic carbocycles. The van der Waals surface area contributed by atoms with Gasteiger partial charge in [0, 0.05) is 29.9 Å². The van der Waals surface area contributed by atoms with Crippen LogP contribution < -0.4 is 5.32 Å². The molecule has 0 spiro atoms. The number of para-hydroxylation sites is 1. The van der Waals surface area contributed by atoms with Crippen LogP contribution in [0.5, 0.6) is 0 Å². The second-order valence-corrected chi connectivity index (χ2v) is 6.60. The molecule has 0 bridgehead atoms. The van der Waals surface area contributed by atoms with Crippen LogP contribution in [0.15, 0.2) is 54.9 Å². The van der Waals surface area contributed by atoms with E-state index in [9.17, 15) is 4.79 Å². The smallest absolute Gasteiger partial charge is 0.252 e. The summed E-state index contributed by atoms with van der Waals surface area (Å²) < 4.78 is 0. The summed E-state index contributed by atoms with van der Waals surface area (Å²) >= 11 is 0. The minimum atomic E-state index is -0.0438. The van der Waals surface area contributed by atoms with E-state index in [1.165, 1.54) is 0 Å². The second kappa shape index (κ2) is 7.88. The maximum Gasteiger partial charge on any atom is 0.252 e. The molecule has 4 heteroatoms. The van der Waals surface area contributed by atoms with E-state index < -0.39 is 0 Å². The van der Waals surface area contributed by atoms with Crippen molar-refractivity contribution in [1.29, 1.82) is 0 Å². The summed E-state index contributed by atoms with van der Waals surface area (Å²) in [4.78, 5) is 21.5. The normalized spacial score (nSPS) is 11.0. The Morgan fingerprint density at radius 1 is 1.12 bits per heavy atom. The van der Waals surface area contributed by atoms with Gasteiger partial charge < -0.3 is 5.32 Å². The molecule has 3 aromatic rings. The molecule has 2 heterocycles. The minimum Gasteiger partial charge on any atom is -0.352 e. The summed E-state index contributed by atoms with van der Waals surface area (Å²) in [5.74, 6) is 0.606. The van der Waals surface area contributed by atoms with Crippen molar-refractivity contribution in [2.45, 2.75) is 26.7 Å². The Bertz CT molecular complexity index is 859. The van der Waals surface area contributed by atoms with Crippen molar-refractivity contribution in [1.82, 2.24) is 15.3 Å². The summed E-state index contributed by atoms with van der Waals surface area (Å²) in [5, 5.41) is 3.92. The standard InChI is InChI=1S/C21H23N3O/c1-15(2)6-5-11-23-21(25)18-14-20(16-9-12-22-13-10-16)24-19-8-4-3-7-17(18)19/h3-4,7-10,12-15H,5-6,11H2,1-2H3,(H,23,25). The minimum absolute atomic E-state index is 0.0438. The molecule has 1 N–H and O–H groups in total. The van der Waals surface area contributed by atoms with Gasteiger partial charge in [0.15, 0.2) is 0 Å². The van der Waals surface area contributed by atoms with Crippen molar-refractivity contribution in [3.8, 4) is 11.3 Å². The highest BCUT2D eigenvalue weighted by Crippen LogP contribution is 2.24. The number of benzene rings is 1. The largest absolute Gasteiger partial charge is 0.352 e. The Morgan fingerprint density at radius 2 is 1.88 bits per heavy atom. The number of hydrogen-bond acceptors (Lipinski definition) is 3. The Balaban J connectivity index is 1.91. The van der Waals surface area contributed by atoms with Crippen LogP contribution in [0.2, 0.25) is 0 Å². The van der Waals surface area contributed by atoms with Crippen molar-refractivity contribution >= 4 is 16.8 Å². The van der Waals surface area contributed by atoms with E-state index in [0.717, 1.165) is 35.0 Å². The van der Waals surface area contributed by atoms with Crippen molar-refractivity contribution in [2.24, 2.45) is 5.92 Å². The molecule has 3 rings (SSSR count). The predicted molar refractivity (Wildman–Crippen MR) is 101 cm³/mol. The summed E-state index contributed by atoms with van der Waals surface area (Å²) in [6.07, 6.45) is 5.57. The maximum absolute atomic E-state index is 12.7. The number of nitrogens with zero attached hydrogens (tertiary/aromatic N) is 2. The molecular weight excluding hydrogens is 310 g/mol. The molecule has 0 radical (unpaired) electrons. The first-order valence-electron chi connectivity index (χ1n) is 8.73. The van der Waals surface area contributed by atoms with Gasteiger partial charge in [-0.15, -0.1) is 0 Å². The van der Waals surface area contributed by atoms with E-state index in [0.29, 0.717) is 18.0 Å². The van der Waals surface area contributed by atoms with Gasteiger partial charge in [-0.3, -0.25) is 9.78 Å². The molecule has 4 nitrogen and oxygen atoms in total. The number of fused-ring (bicyclic) bond motifs is 1. The van der Waals surface area contributed by atoms with Gasteiger partial charge in [0.25, 0.3) is 5.91 Å². The van der Waals surface area contributed by atoms with E-state index in [2.05, 4.69) is 24.1 Å². The summed E-state index contributed by atoms with van der Waals surface area (Å²) in [6, 6.07) is 13.4. The van der Waals surface area contributed by atoms with Gasteiger partial charge in [0.2, 0.25) is 0 Å². The third-order valence-electron chi connectivity index (χ3n) is 4.18. The van der Waals surface area contributed by atoms with E-state index in [1.807, 2.05) is 42.5 Å². The number of carbonyl (C=O) groups is 1. The van der Waals surface area contributed by atoms with Crippen LogP contribution in [0.3, 0.4) is 0 Å². The van der Waals surface area contributed by atoms with Gasteiger partial charge in [-0.05, 0) is 43.0 Å². The lowest BCUT2D eigenvalue weighted by molar-refractivity contribution is 0.0954. The highest BCUT2D eigenvalue weighted by atomic mass is 16.1. The number of rotatable bonds is 6. The van der Waals surface area contributed by atoms with Crippen LogP contribution in [0.25, 0.3) is 22.2 Å². The lowest BCUT2D eigenvalue weighted by atomic mass is 10.0. The number of carbonyl (C=O) groups excluding carboxylic acids is 1. The number of nitrogens with one attached hydrogen (secondary N) is 1. The van der Waals surface area contributed by atoms with Crippen molar-refractivity contribution in [3.63, 3.8) is 0 Å². The van der Waals surface area contributed by atoms with Gasteiger partial charge in [0.1, 0.15) is 0 Å². The van der Waals surface area contributed by atoms with Crippen LogP contribution in [0.1, 0.15) is 37.0 Å². The zero-order chi connectivity index (χ0) is 17.6. The summed E-state index contributed by atoms with van der Waals surface area (Å²) in [6.45, 7) is 5.08. The fraction of sp³-hybridized carbons (Fsp3) is 0.286. The number of aromatic nitrogens is 2. The molecule has 0 saturated heterocycles. The Labute approximate surface area is 148 Å². The van der Waals surface area contributed by atoms with Crippen molar-refractivity contribution in [3.05, 3.63) is 60.4 Å². The predicted octanol–water partition coefficient (Wildman–Crippen LogP) is 4.46. The van der Waals surface area contributed by atoms with Crippen LogP contribution in [-0.2, 0) is 0 Å². The molecule has 2 aromatic heterocycles. The molecule has 128 valence electrons. The molecule has 1 amide bonds. The van der Waals surface area contributed by atoms with Crippen LogP contribution >= 0.6 is 0 Å². The zero-order valence-corrected chi connectivity index (χ0v) is 14.7. The molecule has 25 heavy (non-hydrogen) atoms. The fourth-order valence-corrected chi connectivity index (χ4v) is 2.84. The Hall–Kier alpha value is -2.75.